The number of carbonyl (C=O) groups excluding carboxylic acids is 1. The van der Waals surface area contributed by atoms with Gasteiger partial charge in [0.15, 0.2) is 0 Å². The van der Waals surface area contributed by atoms with E-state index in [-0.39, 0.29) is 18.6 Å². The number of benzene rings is 1. The summed E-state index contributed by atoms with van der Waals surface area (Å²) < 4.78 is 0. The fourth-order valence-corrected chi connectivity index (χ4v) is 1.67. The van der Waals surface area contributed by atoms with E-state index in [9.17, 15) is 9.59 Å². The predicted molar refractivity (Wildman–Crippen MR) is 64.7 cm³/mol. The lowest BCUT2D eigenvalue weighted by atomic mass is 10.0. The molecule has 86 valence electrons. The molecule has 0 saturated heterocycles. The molecule has 1 aromatic rings. The van der Waals surface area contributed by atoms with Crippen molar-refractivity contribution in [2.45, 2.75) is 24.5 Å². The minimum Gasteiger partial charge on any atom is -0.481 e. The summed E-state index contributed by atoms with van der Waals surface area (Å²) in [4.78, 5) is 21.9. The maximum atomic E-state index is 11.7. The summed E-state index contributed by atoms with van der Waals surface area (Å²) in [6.07, 6.45) is 0.661. The molecule has 1 N–H and O–H groups in total. The minimum atomic E-state index is -0.872. The van der Waals surface area contributed by atoms with Gasteiger partial charge in [-0.1, -0.05) is 30.3 Å². The van der Waals surface area contributed by atoms with Gasteiger partial charge in [-0.3, -0.25) is 9.59 Å². The highest BCUT2D eigenvalue weighted by atomic mass is 32.1. The van der Waals surface area contributed by atoms with Crippen LogP contribution < -0.4 is 0 Å². The first-order valence-corrected chi connectivity index (χ1v) is 5.60. The molecule has 0 bridgehead atoms. The third kappa shape index (κ3) is 4.06. The van der Waals surface area contributed by atoms with E-state index in [0.29, 0.717) is 6.42 Å². The quantitative estimate of drug-likeness (QED) is 0.749. The van der Waals surface area contributed by atoms with Crippen molar-refractivity contribution in [1.82, 2.24) is 0 Å². The van der Waals surface area contributed by atoms with Crippen molar-refractivity contribution in [3.05, 3.63) is 35.9 Å². The number of hydrogen-bond acceptors (Lipinski definition) is 3. The molecule has 1 atom stereocenters. The summed E-state index contributed by atoms with van der Waals surface area (Å²) in [5.74, 6) is -0.904. The van der Waals surface area contributed by atoms with Crippen molar-refractivity contribution < 1.29 is 14.7 Å². The second kappa shape index (κ2) is 6.33. The largest absolute Gasteiger partial charge is 0.481 e. The Balaban J connectivity index is 2.45. The zero-order valence-electron chi connectivity index (χ0n) is 8.80. The zero-order valence-corrected chi connectivity index (χ0v) is 9.69. The molecule has 0 saturated carbocycles. The van der Waals surface area contributed by atoms with Crippen molar-refractivity contribution in [1.29, 1.82) is 0 Å². The van der Waals surface area contributed by atoms with E-state index in [1.807, 2.05) is 30.3 Å². The predicted octanol–water partition coefficient (Wildman–Crippen LogP) is 2.48. The molecule has 0 unspecified atom stereocenters. The summed E-state index contributed by atoms with van der Waals surface area (Å²) in [7, 11) is 0. The summed E-state index contributed by atoms with van der Waals surface area (Å²) in [6.45, 7) is 0. The minimum absolute atomic E-state index is 0.0288. The van der Waals surface area contributed by atoms with Crippen molar-refractivity contribution >= 4 is 24.4 Å². The highest BCUT2D eigenvalue weighted by molar-refractivity contribution is 7.81. The van der Waals surface area contributed by atoms with Crippen LogP contribution in [0.25, 0.3) is 0 Å². The van der Waals surface area contributed by atoms with Crippen molar-refractivity contribution in [3.63, 3.8) is 0 Å². The Morgan fingerprint density at radius 1 is 1.19 bits per heavy atom. The van der Waals surface area contributed by atoms with Gasteiger partial charge in [-0.15, -0.1) is 0 Å². The lowest BCUT2D eigenvalue weighted by Gasteiger charge is -2.09. The van der Waals surface area contributed by atoms with Gasteiger partial charge in [0, 0.05) is 12.8 Å². The Hall–Kier alpha value is -1.29. The van der Waals surface area contributed by atoms with E-state index in [4.69, 9.17) is 5.11 Å². The molecule has 3 nitrogen and oxygen atoms in total. The first kappa shape index (κ1) is 12.8. The number of carboxylic acid groups (broad SMARTS) is 1. The molecule has 4 heteroatoms. The van der Waals surface area contributed by atoms with Gasteiger partial charge >= 0.3 is 5.97 Å². The van der Waals surface area contributed by atoms with Crippen molar-refractivity contribution in [2.75, 3.05) is 0 Å². The average molecular weight is 238 g/mol. The second-order valence-corrected chi connectivity index (χ2v) is 4.04. The van der Waals surface area contributed by atoms with Crippen LogP contribution in [-0.2, 0) is 9.59 Å². The zero-order chi connectivity index (χ0) is 12.0. The molecule has 1 aromatic carbocycles. The molecule has 0 radical (unpaired) electrons. The molecular weight excluding hydrogens is 224 g/mol. The van der Waals surface area contributed by atoms with Gasteiger partial charge in [0.1, 0.15) is 5.78 Å². The highest BCUT2D eigenvalue weighted by Crippen LogP contribution is 2.22. The number of rotatable bonds is 6. The van der Waals surface area contributed by atoms with E-state index >= 15 is 0 Å². The third-order valence-corrected chi connectivity index (χ3v) is 2.82. The lowest BCUT2D eigenvalue weighted by molar-refractivity contribution is -0.137. The maximum Gasteiger partial charge on any atom is 0.303 e. The molecule has 0 amide bonds. The van der Waals surface area contributed by atoms with Gasteiger partial charge in [-0.25, -0.2) is 0 Å². The molecule has 0 heterocycles. The first-order chi connectivity index (χ1) is 7.61. The van der Waals surface area contributed by atoms with E-state index in [1.165, 1.54) is 0 Å². The third-order valence-electron chi connectivity index (χ3n) is 2.23. The molecule has 1 rings (SSSR count). The summed E-state index contributed by atoms with van der Waals surface area (Å²) in [5, 5.41) is 8.00. The topological polar surface area (TPSA) is 54.4 Å². The molecule has 0 spiro atoms. The van der Waals surface area contributed by atoms with Crippen LogP contribution >= 0.6 is 12.6 Å². The normalized spacial score (nSPS) is 12.1. The Bertz CT molecular complexity index is 362. The Morgan fingerprint density at radius 2 is 1.81 bits per heavy atom. The number of ketones is 1. The van der Waals surface area contributed by atoms with E-state index < -0.39 is 11.2 Å². The summed E-state index contributed by atoms with van der Waals surface area (Å²) in [6, 6.07) is 9.25. The summed E-state index contributed by atoms with van der Waals surface area (Å²) in [5.41, 5.74) is 0.853. The molecule has 0 aromatic heterocycles. The molecule has 16 heavy (non-hydrogen) atoms. The monoisotopic (exact) mass is 238 g/mol. The fraction of sp³-hybridized carbons (Fsp3) is 0.333. The standard InChI is InChI=1S/C12H14O3S/c13-10(7-4-8-11(14)15)12(16)9-5-2-1-3-6-9/h1-3,5-6,12,16H,4,7-8H2,(H,14,15)/t12-/m0/s1. The van der Waals surface area contributed by atoms with Crippen LogP contribution in [-0.4, -0.2) is 16.9 Å². The SMILES string of the molecule is O=C(O)CCCC(=O)[C@@H](S)c1ccccc1. The van der Waals surface area contributed by atoms with Crippen LogP contribution in [0.4, 0.5) is 0 Å². The highest BCUT2D eigenvalue weighted by Gasteiger charge is 2.15. The number of carbonyl (C=O) groups is 2. The first-order valence-electron chi connectivity index (χ1n) is 5.09. The van der Waals surface area contributed by atoms with Crippen LogP contribution in [0.5, 0.6) is 0 Å². The van der Waals surface area contributed by atoms with Crippen LogP contribution in [0.1, 0.15) is 30.1 Å². The van der Waals surface area contributed by atoms with Crippen LogP contribution in [0.15, 0.2) is 30.3 Å². The Morgan fingerprint density at radius 3 is 2.38 bits per heavy atom. The molecule has 0 aliphatic rings. The van der Waals surface area contributed by atoms with Gasteiger partial charge < -0.3 is 5.11 Å². The van der Waals surface area contributed by atoms with Crippen LogP contribution in [0, 0.1) is 0 Å². The summed E-state index contributed by atoms with van der Waals surface area (Å²) >= 11 is 4.24. The van der Waals surface area contributed by atoms with E-state index in [0.717, 1.165) is 5.56 Å². The van der Waals surface area contributed by atoms with Gasteiger partial charge in [0.05, 0.1) is 5.25 Å². The van der Waals surface area contributed by atoms with Gasteiger partial charge in [-0.2, -0.15) is 12.6 Å². The molecule has 0 aliphatic carbocycles. The lowest BCUT2D eigenvalue weighted by Crippen LogP contribution is -2.07. The smallest absolute Gasteiger partial charge is 0.303 e. The number of aliphatic carboxylic acids is 1. The number of Topliss-reactive ketones (excluding diaryl/α,β-unsaturated/α-hetero) is 1. The molecule has 0 aliphatic heterocycles. The van der Waals surface area contributed by atoms with Crippen molar-refractivity contribution in [2.24, 2.45) is 0 Å². The van der Waals surface area contributed by atoms with Crippen molar-refractivity contribution in [3.8, 4) is 0 Å². The van der Waals surface area contributed by atoms with Gasteiger partial charge in [0.25, 0.3) is 0 Å². The van der Waals surface area contributed by atoms with E-state index in [2.05, 4.69) is 12.6 Å². The average Bonchev–Trinajstić information content (AvgIpc) is 2.28. The number of hydrogen-bond donors (Lipinski definition) is 2. The van der Waals surface area contributed by atoms with Crippen LogP contribution in [0.2, 0.25) is 0 Å². The second-order valence-electron chi connectivity index (χ2n) is 3.53. The maximum absolute atomic E-state index is 11.7. The number of thiol groups is 1. The molecular formula is C12H14O3S. The van der Waals surface area contributed by atoms with Gasteiger partial charge in [-0.05, 0) is 12.0 Å². The van der Waals surface area contributed by atoms with E-state index in [1.54, 1.807) is 0 Å². The van der Waals surface area contributed by atoms with Gasteiger partial charge in [0.2, 0.25) is 0 Å². The Kier molecular flexibility index (Phi) is 5.05. The Labute approximate surface area is 99.9 Å². The number of carboxylic acids is 1. The van der Waals surface area contributed by atoms with Crippen LogP contribution in [0.3, 0.4) is 0 Å². The fourth-order valence-electron chi connectivity index (χ4n) is 1.37. The molecule has 0 fully saturated rings.